The van der Waals surface area contributed by atoms with Crippen molar-refractivity contribution in [1.82, 2.24) is 4.31 Å². The quantitative estimate of drug-likeness (QED) is 0.927. The van der Waals surface area contributed by atoms with Gasteiger partial charge in [0.05, 0.1) is 12.2 Å². The van der Waals surface area contributed by atoms with Crippen LogP contribution in [0.2, 0.25) is 5.02 Å². The summed E-state index contributed by atoms with van der Waals surface area (Å²) in [5.41, 5.74) is 0.663. The van der Waals surface area contributed by atoms with Crippen molar-refractivity contribution in [2.45, 2.75) is 12.8 Å². The number of nitrogens with zero attached hydrogens (tertiary/aromatic N) is 1. The van der Waals surface area contributed by atoms with Gasteiger partial charge in [-0.2, -0.15) is 0 Å². The standard InChI is InChI=1S/C13H17ClN2O3S/c1-20(18,19)16-8-2-3-10(9-16)13(17)15-12-6-4-11(14)5-7-12/h4-7,10H,2-3,8-9H2,1H3,(H,15,17)/t10-/m0/s1. The number of carbonyl (C=O) groups is 1. The molecule has 0 radical (unpaired) electrons. The molecule has 0 spiro atoms. The molecule has 5 nitrogen and oxygen atoms in total. The summed E-state index contributed by atoms with van der Waals surface area (Å²) in [5.74, 6) is -0.463. The Morgan fingerprint density at radius 1 is 1.35 bits per heavy atom. The summed E-state index contributed by atoms with van der Waals surface area (Å²) in [7, 11) is -3.23. The molecule has 1 amide bonds. The molecule has 1 saturated heterocycles. The Morgan fingerprint density at radius 2 is 2.00 bits per heavy atom. The summed E-state index contributed by atoms with van der Waals surface area (Å²) in [6, 6.07) is 6.83. The van der Waals surface area contributed by atoms with Crippen molar-refractivity contribution in [3.8, 4) is 0 Å². The molecule has 1 atom stereocenters. The van der Waals surface area contributed by atoms with E-state index < -0.39 is 10.0 Å². The average molecular weight is 317 g/mol. The summed E-state index contributed by atoms with van der Waals surface area (Å²) >= 11 is 5.78. The third kappa shape index (κ3) is 3.94. The van der Waals surface area contributed by atoms with Crippen LogP contribution in [0.3, 0.4) is 0 Å². The molecule has 1 fully saturated rings. The minimum Gasteiger partial charge on any atom is -0.326 e. The normalized spacial score (nSPS) is 20.6. The molecule has 1 aromatic carbocycles. The Balaban J connectivity index is 2.00. The van der Waals surface area contributed by atoms with E-state index in [9.17, 15) is 13.2 Å². The van der Waals surface area contributed by atoms with Gasteiger partial charge in [-0.25, -0.2) is 12.7 Å². The molecule has 7 heteroatoms. The molecule has 2 rings (SSSR count). The van der Waals surface area contributed by atoms with Crippen LogP contribution in [0.1, 0.15) is 12.8 Å². The lowest BCUT2D eigenvalue weighted by molar-refractivity contribution is -0.120. The summed E-state index contributed by atoms with van der Waals surface area (Å²) < 4.78 is 24.4. The highest BCUT2D eigenvalue weighted by molar-refractivity contribution is 7.88. The fourth-order valence-electron chi connectivity index (χ4n) is 2.24. The lowest BCUT2D eigenvalue weighted by atomic mass is 9.99. The molecule has 0 aliphatic carbocycles. The van der Waals surface area contributed by atoms with Crippen LogP contribution < -0.4 is 5.32 Å². The van der Waals surface area contributed by atoms with Gasteiger partial charge in [-0.3, -0.25) is 4.79 Å². The van der Waals surface area contributed by atoms with Crippen LogP contribution in [0.5, 0.6) is 0 Å². The second kappa shape index (κ2) is 6.11. The zero-order chi connectivity index (χ0) is 14.8. The first kappa shape index (κ1) is 15.3. The number of carbonyl (C=O) groups excluding carboxylic acids is 1. The largest absolute Gasteiger partial charge is 0.326 e. The van der Waals surface area contributed by atoms with Crippen molar-refractivity contribution in [2.24, 2.45) is 5.92 Å². The molecule has 110 valence electrons. The van der Waals surface area contributed by atoms with E-state index in [0.717, 1.165) is 0 Å². The molecule has 0 bridgehead atoms. The lowest BCUT2D eigenvalue weighted by Crippen LogP contribution is -2.43. The highest BCUT2D eigenvalue weighted by Gasteiger charge is 2.30. The van der Waals surface area contributed by atoms with Crippen molar-refractivity contribution in [1.29, 1.82) is 0 Å². The molecule has 0 aromatic heterocycles. The zero-order valence-electron chi connectivity index (χ0n) is 11.2. The van der Waals surface area contributed by atoms with E-state index >= 15 is 0 Å². The molecule has 1 aromatic rings. The van der Waals surface area contributed by atoms with Gasteiger partial charge in [0.15, 0.2) is 0 Å². The summed E-state index contributed by atoms with van der Waals surface area (Å²) in [6.45, 7) is 0.738. The van der Waals surface area contributed by atoms with Gasteiger partial charge in [-0.15, -0.1) is 0 Å². The lowest BCUT2D eigenvalue weighted by Gasteiger charge is -2.30. The molecule has 1 N–H and O–H groups in total. The number of rotatable bonds is 3. The minimum absolute atomic E-state index is 0.152. The molecule has 1 aliphatic rings. The molecular weight excluding hydrogens is 300 g/mol. The topological polar surface area (TPSA) is 66.5 Å². The van der Waals surface area contributed by atoms with Crippen molar-refractivity contribution >= 4 is 33.2 Å². The van der Waals surface area contributed by atoms with Crippen molar-refractivity contribution in [2.75, 3.05) is 24.7 Å². The van der Waals surface area contributed by atoms with Crippen molar-refractivity contribution in [3.05, 3.63) is 29.3 Å². The van der Waals surface area contributed by atoms with Gasteiger partial charge in [-0.05, 0) is 37.1 Å². The average Bonchev–Trinajstić information content (AvgIpc) is 2.40. The molecule has 0 saturated carbocycles. The summed E-state index contributed by atoms with van der Waals surface area (Å²) in [5, 5.41) is 3.39. The Hall–Kier alpha value is -1.11. The van der Waals surface area contributed by atoms with E-state index in [0.29, 0.717) is 30.1 Å². The third-order valence-corrected chi connectivity index (χ3v) is 4.86. The predicted molar refractivity (Wildman–Crippen MR) is 79.2 cm³/mol. The number of hydrogen-bond donors (Lipinski definition) is 1. The third-order valence-electron chi connectivity index (χ3n) is 3.34. The number of halogens is 1. The van der Waals surface area contributed by atoms with Gasteiger partial charge in [0, 0.05) is 23.8 Å². The number of sulfonamides is 1. The van der Waals surface area contributed by atoms with Gasteiger partial charge in [0.1, 0.15) is 0 Å². The SMILES string of the molecule is CS(=O)(=O)N1CCC[C@H](C(=O)Nc2ccc(Cl)cc2)C1. The fourth-order valence-corrected chi connectivity index (χ4v) is 3.27. The molecule has 0 unspecified atom stereocenters. The minimum atomic E-state index is -3.23. The Bertz CT molecular complexity index is 586. The highest BCUT2D eigenvalue weighted by Crippen LogP contribution is 2.21. The summed E-state index contributed by atoms with van der Waals surface area (Å²) in [4.78, 5) is 12.2. The van der Waals surface area contributed by atoms with Crippen LogP contribution in [-0.4, -0.2) is 38.0 Å². The number of amides is 1. The van der Waals surface area contributed by atoms with E-state index in [2.05, 4.69) is 5.32 Å². The maximum absolute atomic E-state index is 12.2. The smallest absolute Gasteiger partial charge is 0.228 e. The predicted octanol–water partition coefficient (Wildman–Crippen LogP) is 1.95. The zero-order valence-corrected chi connectivity index (χ0v) is 12.7. The van der Waals surface area contributed by atoms with Gasteiger partial charge in [0.2, 0.25) is 15.9 Å². The molecule has 1 heterocycles. The van der Waals surface area contributed by atoms with Gasteiger partial charge in [0.25, 0.3) is 0 Å². The number of piperidine rings is 1. The number of benzene rings is 1. The Kier molecular flexibility index (Phi) is 4.67. The second-order valence-corrected chi connectivity index (χ2v) is 7.38. The molecular formula is C13H17ClN2O3S. The molecule has 20 heavy (non-hydrogen) atoms. The van der Waals surface area contributed by atoms with Crippen LogP contribution >= 0.6 is 11.6 Å². The highest BCUT2D eigenvalue weighted by atomic mass is 35.5. The molecule has 1 aliphatic heterocycles. The van der Waals surface area contributed by atoms with Crippen LogP contribution in [0, 0.1) is 5.92 Å². The van der Waals surface area contributed by atoms with E-state index in [4.69, 9.17) is 11.6 Å². The Labute approximate surface area is 124 Å². The summed E-state index contributed by atoms with van der Waals surface area (Å²) in [6.07, 6.45) is 2.57. The van der Waals surface area contributed by atoms with Gasteiger partial charge >= 0.3 is 0 Å². The van der Waals surface area contributed by atoms with Gasteiger partial charge in [-0.1, -0.05) is 11.6 Å². The van der Waals surface area contributed by atoms with Gasteiger partial charge < -0.3 is 5.32 Å². The van der Waals surface area contributed by atoms with E-state index in [1.54, 1.807) is 24.3 Å². The monoisotopic (exact) mass is 316 g/mol. The van der Waals surface area contributed by atoms with Crippen LogP contribution in [-0.2, 0) is 14.8 Å². The van der Waals surface area contributed by atoms with E-state index in [1.807, 2.05) is 0 Å². The van der Waals surface area contributed by atoms with Crippen molar-refractivity contribution in [3.63, 3.8) is 0 Å². The maximum Gasteiger partial charge on any atom is 0.228 e. The van der Waals surface area contributed by atoms with Crippen molar-refractivity contribution < 1.29 is 13.2 Å². The van der Waals surface area contributed by atoms with E-state index in [-0.39, 0.29) is 18.4 Å². The van der Waals surface area contributed by atoms with Crippen LogP contribution in [0.25, 0.3) is 0 Å². The van der Waals surface area contributed by atoms with Crippen LogP contribution in [0.4, 0.5) is 5.69 Å². The first-order chi connectivity index (χ1) is 9.36. The Morgan fingerprint density at radius 3 is 2.60 bits per heavy atom. The maximum atomic E-state index is 12.2. The number of hydrogen-bond acceptors (Lipinski definition) is 3. The van der Waals surface area contributed by atoms with Crippen LogP contribution in [0.15, 0.2) is 24.3 Å². The number of nitrogens with one attached hydrogen (secondary N) is 1. The fraction of sp³-hybridized carbons (Fsp3) is 0.462. The second-order valence-electron chi connectivity index (χ2n) is 4.96. The number of anilines is 1. The van der Waals surface area contributed by atoms with E-state index in [1.165, 1.54) is 10.6 Å². The first-order valence-corrected chi connectivity index (χ1v) is 8.60. The first-order valence-electron chi connectivity index (χ1n) is 6.38.